The van der Waals surface area contributed by atoms with Crippen LogP contribution in [0.25, 0.3) is 11.0 Å². The molecule has 1 unspecified atom stereocenters. The van der Waals surface area contributed by atoms with Crippen molar-refractivity contribution >= 4 is 28.5 Å². The van der Waals surface area contributed by atoms with Crippen LogP contribution in [0.15, 0.2) is 34.7 Å². The predicted octanol–water partition coefficient (Wildman–Crippen LogP) is 4.06. The zero-order valence-corrected chi connectivity index (χ0v) is 12.1. The van der Waals surface area contributed by atoms with Gasteiger partial charge in [0.05, 0.1) is 0 Å². The summed E-state index contributed by atoms with van der Waals surface area (Å²) in [6, 6.07) is 9.87. The Morgan fingerprint density at radius 1 is 1.40 bits per heavy atom. The number of carbonyl (C=O) groups is 1. The van der Waals surface area contributed by atoms with Crippen LogP contribution in [0.1, 0.15) is 36.2 Å². The van der Waals surface area contributed by atoms with E-state index in [2.05, 4.69) is 0 Å². The number of hydrogen-bond acceptors (Lipinski definition) is 2. The van der Waals surface area contributed by atoms with E-state index in [0.717, 1.165) is 43.2 Å². The molecule has 1 aliphatic heterocycles. The lowest BCUT2D eigenvalue weighted by atomic mass is 10.1. The van der Waals surface area contributed by atoms with Gasteiger partial charge in [0, 0.05) is 23.9 Å². The van der Waals surface area contributed by atoms with Crippen LogP contribution in [0.2, 0.25) is 0 Å². The van der Waals surface area contributed by atoms with E-state index < -0.39 is 0 Å². The molecule has 1 atom stereocenters. The van der Waals surface area contributed by atoms with Crippen LogP contribution < -0.4 is 0 Å². The molecule has 2 heterocycles. The number of rotatable bonds is 4. The Kier molecular flexibility index (Phi) is 3.97. The van der Waals surface area contributed by atoms with Gasteiger partial charge in [-0.2, -0.15) is 0 Å². The first kappa shape index (κ1) is 13.5. The van der Waals surface area contributed by atoms with Crippen molar-refractivity contribution in [2.75, 3.05) is 12.4 Å². The molecule has 0 N–H and O–H groups in total. The van der Waals surface area contributed by atoms with Crippen molar-refractivity contribution < 1.29 is 9.21 Å². The third kappa shape index (κ3) is 2.55. The van der Waals surface area contributed by atoms with E-state index in [0.29, 0.717) is 17.7 Å². The topological polar surface area (TPSA) is 33.5 Å². The molecule has 1 aromatic carbocycles. The van der Waals surface area contributed by atoms with Crippen molar-refractivity contribution in [1.29, 1.82) is 0 Å². The molecule has 0 spiro atoms. The van der Waals surface area contributed by atoms with Gasteiger partial charge in [-0.05, 0) is 37.8 Å². The third-order valence-corrected chi connectivity index (χ3v) is 4.21. The van der Waals surface area contributed by atoms with Gasteiger partial charge in [-0.15, -0.1) is 11.6 Å². The quantitative estimate of drug-likeness (QED) is 0.796. The van der Waals surface area contributed by atoms with Gasteiger partial charge in [-0.3, -0.25) is 4.79 Å². The molecule has 0 saturated carbocycles. The van der Waals surface area contributed by atoms with Gasteiger partial charge in [-0.25, -0.2) is 0 Å². The third-order valence-electron chi connectivity index (χ3n) is 3.95. The monoisotopic (exact) mass is 291 g/mol. The average molecular weight is 292 g/mol. The maximum absolute atomic E-state index is 12.6. The number of hydrogen-bond donors (Lipinski definition) is 0. The first-order valence-electron chi connectivity index (χ1n) is 7.15. The Morgan fingerprint density at radius 3 is 3.05 bits per heavy atom. The zero-order chi connectivity index (χ0) is 13.9. The largest absolute Gasteiger partial charge is 0.451 e. The van der Waals surface area contributed by atoms with Gasteiger partial charge < -0.3 is 9.32 Å². The minimum atomic E-state index is 0.0123. The van der Waals surface area contributed by atoms with Gasteiger partial charge in [0.25, 0.3) is 5.91 Å². The molecule has 2 aromatic rings. The number of fused-ring (bicyclic) bond motifs is 1. The van der Waals surface area contributed by atoms with E-state index in [-0.39, 0.29) is 5.91 Å². The maximum Gasteiger partial charge on any atom is 0.289 e. The van der Waals surface area contributed by atoms with Gasteiger partial charge in [0.15, 0.2) is 5.76 Å². The summed E-state index contributed by atoms with van der Waals surface area (Å²) in [6.07, 6.45) is 4.08. The lowest BCUT2D eigenvalue weighted by Gasteiger charge is -2.23. The fraction of sp³-hybridized carbons (Fsp3) is 0.438. The molecular weight excluding hydrogens is 274 g/mol. The zero-order valence-electron chi connectivity index (χ0n) is 11.3. The summed E-state index contributed by atoms with van der Waals surface area (Å²) in [5, 5.41) is 0.979. The van der Waals surface area contributed by atoms with Crippen molar-refractivity contribution in [2.24, 2.45) is 0 Å². The molecule has 0 radical (unpaired) electrons. The normalized spacial score (nSPS) is 18.9. The van der Waals surface area contributed by atoms with Crippen molar-refractivity contribution in [1.82, 2.24) is 4.90 Å². The van der Waals surface area contributed by atoms with Crippen molar-refractivity contribution in [3.8, 4) is 0 Å². The summed E-state index contributed by atoms with van der Waals surface area (Å²) in [7, 11) is 0. The summed E-state index contributed by atoms with van der Waals surface area (Å²) in [6.45, 7) is 0.822. The molecule has 20 heavy (non-hydrogen) atoms. The molecule has 0 aliphatic carbocycles. The Labute approximate surface area is 123 Å². The standard InChI is InChI=1S/C16H18ClNO2/c17-9-3-6-13-7-4-10-18(13)16(19)15-11-12-5-1-2-8-14(12)20-15/h1-2,5,8,11,13H,3-4,6-7,9-10H2. The summed E-state index contributed by atoms with van der Waals surface area (Å²) >= 11 is 5.76. The van der Waals surface area contributed by atoms with Crippen LogP contribution >= 0.6 is 11.6 Å². The smallest absolute Gasteiger partial charge is 0.289 e. The number of amides is 1. The SMILES string of the molecule is O=C(c1cc2ccccc2o1)N1CCCC1CCCCl. The molecule has 1 saturated heterocycles. The average Bonchev–Trinajstić information content (AvgIpc) is 3.10. The Bertz CT molecular complexity index is 574. The van der Waals surface area contributed by atoms with E-state index >= 15 is 0 Å². The van der Waals surface area contributed by atoms with Gasteiger partial charge in [0.2, 0.25) is 0 Å². The second-order valence-corrected chi connectivity index (χ2v) is 5.65. The Hall–Kier alpha value is -1.48. The number of furan rings is 1. The molecule has 1 aliphatic rings. The second kappa shape index (κ2) is 5.88. The second-order valence-electron chi connectivity index (χ2n) is 5.27. The molecular formula is C16H18ClNO2. The van der Waals surface area contributed by atoms with Gasteiger partial charge >= 0.3 is 0 Å². The molecule has 106 valence electrons. The van der Waals surface area contributed by atoms with Gasteiger partial charge in [-0.1, -0.05) is 18.2 Å². The number of benzene rings is 1. The Balaban J connectivity index is 1.80. The fourth-order valence-corrected chi connectivity index (χ4v) is 3.10. The van der Waals surface area contributed by atoms with Gasteiger partial charge in [0.1, 0.15) is 5.58 Å². The van der Waals surface area contributed by atoms with Crippen molar-refractivity contribution in [3.05, 3.63) is 36.1 Å². The number of alkyl halides is 1. The van der Waals surface area contributed by atoms with Crippen LogP contribution in [-0.4, -0.2) is 29.3 Å². The van der Waals surface area contributed by atoms with E-state index in [9.17, 15) is 4.79 Å². The van der Waals surface area contributed by atoms with Crippen LogP contribution in [0, 0.1) is 0 Å². The van der Waals surface area contributed by atoms with Crippen molar-refractivity contribution in [3.63, 3.8) is 0 Å². The van der Waals surface area contributed by atoms with Crippen LogP contribution in [0.5, 0.6) is 0 Å². The molecule has 0 bridgehead atoms. The summed E-state index contributed by atoms with van der Waals surface area (Å²) in [5.74, 6) is 1.12. The highest BCUT2D eigenvalue weighted by Crippen LogP contribution is 2.26. The van der Waals surface area contributed by atoms with Crippen LogP contribution in [0.4, 0.5) is 0 Å². The first-order valence-corrected chi connectivity index (χ1v) is 7.68. The maximum atomic E-state index is 12.6. The van der Waals surface area contributed by atoms with E-state index in [1.54, 1.807) is 0 Å². The fourth-order valence-electron chi connectivity index (χ4n) is 2.94. The molecule has 4 heteroatoms. The predicted molar refractivity (Wildman–Crippen MR) is 80.2 cm³/mol. The number of halogens is 1. The molecule has 1 amide bonds. The van der Waals surface area contributed by atoms with E-state index in [1.807, 2.05) is 35.2 Å². The van der Waals surface area contributed by atoms with Crippen molar-refractivity contribution in [2.45, 2.75) is 31.7 Å². The summed E-state index contributed by atoms with van der Waals surface area (Å²) < 4.78 is 5.68. The van der Waals surface area contributed by atoms with E-state index in [4.69, 9.17) is 16.0 Å². The van der Waals surface area contributed by atoms with Crippen LogP contribution in [-0.2, 0) is 0 Å². The molecule has 1 fully saturated rings. The molecule has 3 rings (SSSR count). The number of para-hydroxylation sites is 1. The Morgan fingerprint density at radius 2 is 2.25 bits per heavy atom. The number of likely N-dealkylation sites (tertiary alicyclic amines) is 1. The number of carbonyl (C=O) groups excluding carboxylic acids is 1. The van der Waals surface area contributed by atoms with E-state index in [1.165, 1.54) is 0 Å². The minimum Gasteiger partial charge on any atom is -0.451 e. The minimum absolute atomic E-state index is 0.0123. The summed E-state index contributed by atoms with van der Waals surface area (Å²) in [5.41, 5.74) is 0.771. The molecule has 1 aromatic heterocycles. The summed E-state index contributed by atoms with van der Waals surface area (Å²) in [4.78, 5) is 14.5. The first-order chi connectivity index (χ1) is 9.79. The highest BCUT2D eigenvalue weighted by Gasteiger charge is 2.30. The highest BCUT2D eigenvalue weighted by molar-refractivity contribution is 6.17. The molecule has 3 nitrogen and oxygen atoms in total. The highest BCUT2D eigenvalue weighted by atomic mass is 35.5. The van der Waals surface area contributed by atoms with Crippen LogP contribution in [0.3, 0.4) is 0 Å². The lowest BCUT2D eigenvalue weighted by molar-refractivity contribution is 0.0700. The lowest BCUT2D eigenvalue weighted by Crippen LogP contribution is -2.35. The number of nitrogens with zero attached hydrogens (tertiary/aromatic N) is 1.